The van der Waals surface area contributed by atoms with Crippen molar-refractivity contribution in [2.24, 2.45) is 5.92 Å². The summed E-state index contributed by atoms with van der Waals surface area (Å²) < 4.78 is 0.816. The highest BCUT2D eigenvalue weighted by atomic mass is 79.9. The molecule has 0 aliphatic carbocycles. The molecule has 196 valence electrons. The number of carbonyl (C=O) groups is 1. The molecule has 0 unspecified atom stereocenters. The first-order valence-corrected chi connectivity index (χ1v) is 13.7. The zero-order valence-electron chi connectivity index (χ0n) is 21.9. The third-order valence-electron chi connectivity index (χ3n) is 7.08. The van der Waals surface area contributed by atoms with Crippen molar-refractivity contribution in [1.29, 1.82) is 0 Å². The predicted octanol–water partition coefficient (Wildman–Crippen LogP) is 3.12. The lowest BCUT2D eigenvalue weighted by atomic mass is 10.00. The number of likely N-dealkylation sites (tertiary alicyclic amines) is 1. The second-order valence-corrected chi connectivity index (χ2v) is 10.8. The van der Waals surface area contributed by atoms with Gasteiger partial charge in [-0.2, -0.15) is 4.98 Å². The number of nitrogens with zero attached hydrogens (tertiary/aromatic N) is 6. The third kappa shape index (κ3) is 6.66. The van der Waals surface area contributed by atoms with Gasteiger partial charge in [0.2, 0.25) is 11.9 Å². The first kappa shape index (κ1) is 26.6. The number of hydrogen-bond donors (Lipinski definition) is 2. The van der Waals surface area contributed by atoms with E-state index in [1.807, 2.05) is 19.0 Å². The van der Waals surface area contributed by atoms with Gasteiger partial charge in [-0.3, -0.25) is 4.79 Å². The molecule has 0 spiro atoms. The molecule has 36 heavy (non-hydrogen) atoms. The number of rotatable bonds is 10. The van der Waals surface area contributed by atoms with Crippen LogP contribution in [0.2, 0.25) is 0 Å². The number of nitrogens with one attached hydrogen (secondary N) is 2. The Bertz CT molecular complexity index is 1040. The number of halogens is 1. The van der Waals surface area contributed by atoms with Crippen molar-refractivity contribution in [3.8, 4) is 0 Å². The minimum absolute atomic E-state index is 0.154. The van der Waals surface area contributed by atoms with Crippen LogP contribution in [0.3, 0.4) is 0 Å². The second kappa shape index (κ2) is 12.2. The molecular weight excluding hydrogens is 520 g/mol. The van der Waals surface area contributed by atoms with E-state index in [0.717, 1.165) is 81.2 Å². The quantitative estimate of drug-likeness (QED) is 0.430. The van der Waals surface area contributed by atoms with E-state index in [0.29, 0.717) is 5.95 Å². The molecule has 1 aromatic carbocycles. The zero-order chi connectivity index (χ0) is 25.7. The van der Waals surface area contributed by atoms with E-state index >= 15 is 0 Å². The first-order chi connectivity index (χ1) is 17.3. The molecule has 0 radical (unpaired) electrons. The van der Waals surface area contributed by atoms with Gasteiger partial charge < -0.3 is 30.2 Å². The average molecular weight is 560 g/mol. The van der Waals surface area contributed by atoms with Crippen molar-refractivity contribution in [2.75, 3.05) is 89.0 Å². The summed E-state index contributed by atoms with van der Waals surface area (Å²) in [5.74, 6) is 1.70. The Balaban J connectivity index is 1.32. The number of piperazine rings is 1. The van der Waals surface area contributed by atoms with E-state index < -0.39 is 0 Å². The van der Waals surface area contributed by atoms with Crippen LogP contribution in [0.15, 0.2) is 28.9 Å². The molecule has 2 aliphatic heterocycles. The average Bonchev–Trinajstić information content (AvgIpc) is 2.86. The number of aryl methyl sites for hydroxylation is 1. The highest BCUT2D eigenvalue weighted by Crippen LogP contribution is 2.28. The summed E-state index contributed by atoms with van der Waals surface area (Å²) in [5, 5.41) is 6.80. The van der Waals surface area contributed by atoms with Crippen molar-refractivity contribution >= 4 is 45.0 Å². The van der Waals surface area contributed by atoms with Gasteiger partial charge in [0.1, 0.15) is 5.82 Å². The summed E-state index contributed by atoms with van der Waals surface area (Å²) in [6.45, 7) is 9.64. The van der Waals surface area contributed by atoms with Gasteiger partial charge in [0.05, 0.1) is 10.4 Å². The maximum atomic E-state index is 12.4. The Kier molecular flexibility index (Phi) is 9.03. The Hall–Kier alpha value is -2.43. The van der Waals surface area contributed by atoms with E-state index in [4.69, 9.17) is 4.98 Å². The zero-order valence-corrected chi connectivity index (χ0v) is 23.5. The maximum absolute atomic E-state index is 12.4. The summed E-state index contributed by atoms with van der Waals surface area (Å²) in [7, 11) is 6.12. The number of amides is 1. The fraction of sp³-hybridized carbons (Fsp3) is 0.577. The van der Waals surface area contributed by atoms with Crippen molar-refractivity contribution in [3.05, 3.63) is 34.4 Å². The minimum atomic E-state index is 0.154. The fourth-order valence-electron chi connectivity index (χ4n) is 4.73. The summed E-state index contributed by atoms with van der Waals surface area (Å²) in [4.78, 5) is 30.4. The fourth-order valence-corrected chi connectivity index (χ4v) is 5.06. The van der Waals surface area contributed by atoms with Crippen molar-refractivity contribution < 1.29 is 4.79 Å². The predicted molar refractivity (Wildman–Crippen MR) is 150 cm³/mol. The second-order valence-electron chi connectivity index (χ2n) is 9.96. The normalized spacial score (nSPS) is 17.1. The standard InChI is InChI=1S/C26H39BrN8O/c1-5-19-15-21(35-13-11-32(2)12-14-35)7-8-23(19)30-26-29-16-22(27)24(31-26)28-9-6-10-34(4)25(36)20-17-33(3)18-20/h7-8,15-16,20H,5-6,9-14,17-18H2,1-4H3,(H2,28,29,30,31). The van der Waals surface area contributed by atoms with Crippen LogP contribution in [0.1, 0.15) is 18.9 Å². The van der Waals surface area contributed by atoms with Gasteiger partial charge in [-0.25, -0.2) is 4.98 Å². The van der Waals surface area contributed by atoms with E-state index in [9.17, 15) is 4.79 Å². The molecule has 2 N–H and O–H groups in total. The summed E-state index contributed by atoms with van der Waals surface area (Å²) >= 11 is 3.55. The van der Waals surface area contributed by atoms with Gasteiger partial charge >= 0.3 is 0 Å². The van der Waals surface area contributed by atoms with Gasteiger partial charge in [-0.05, 0) is 66.6 Å². The molecule has 0 atom stereocenters. The van der Waals surface area contributed by atoms with E-state index in [1.54, 1.807) is 6.20 Å². The van der Waals surface area contributed by atoms with E-state index in [1.165, 1.54) is 11.3 Å². The highest BCUT2D eigenvalue weighted by molar-refractivity contribution is 9.10. The first-order valence-electron chi connectivity index (χ1n) is 12.9. The van der Waals surface area contributed by atoms with Gasteiger partial charge in [0.25, 0.3) is 0 Å². The Morgan fingerprint density at radius 3 is 2.61 bits per heavy atom. The maximum Gasteiger partial charge on any atom is 0.229 e. The van der Waals surface area contributed by atoms with Crippen molar-refractivity contribution in [1.82, 2.24) is 24.7 Å². The van der Waals surface area contributed by atoms with Crippen LogP contribution >= 0.6 is 15.9 Å². The molecule has 4 rings (SSSR count). The van der Waals surface area contributed by atoms with Gasteiger partial charge in [-0.15, -0.1) is 0 Å². The van der Waals surface area contributed by atoms with Gasteiger partial charge in [-0.1, -0.05) is 6.92 Å². The summed E-state index contributed by atoms with van der Waals surface area (Å²) in [5.41, 5.74) is 3.56. The molecule has 9 nitrogen and oxygen atoms in total. The van der Waals surface area contributed by atoms with E-state index in [-0.39, 0.29) is 11.8 Å². The molecule has 3 heterocycles. The largest absolute Gasteiger partial charge is 0.369 e. The molecule has 2 saturated heterocycles. The monoisotopic (exact) mass is 558 g/mol. The minimum Gasteiger partial charge on any atom is -0.369 e. The number of benzene rings is 1. The van der Waals surface area contributed by atoms with Crippen LogP contribution in [0.5, 0.6) is 0 Å². The third-order valence-corrected chi connectivity index (χ3v) is 7.66. The number of carbonyl (C=O) groups excluding carboxylic acids is 1. The Labute approximate surface area is 223 Å². The Morgan fingerprint density at radius 2 is 1.92 bits per heavy atom. The smallest absolute Gasteiger partial charge is 0.229 e. The van der Waals surface area contributed by atoms with E-state index in [2.05, 4.69) is 78.4 Å². The number of hydrogen-bond acceptors (Lipinski definition) is 8. The summed E-state index contributed by atoms with van der Waals surface area (Å²) in [6, 6.07) is 6.60. The molecule has 0 saturated carbocycles. The molecule has 2 aromatic rings. The lowest BCUT2D eigenvalue weighted by Crippen LogP contribution is -2.52. The lowest BCUT2D eigenvalue weighted by molar-refractivity contribution is -0.139. The number of aromatic nitrogens is 2. The van der Waals surface area contributed by atoms with Crippen LogP contribution in [0.25, 0.3) is 0 Å². The van der Waals surface area contributed by atoms with Crippen molar-refractivity contribution in [2.45, 2.75) is 19.8 Å². The van der Waals surface area contributed by atoms with Crippen LogP contribution < -0.4 is 15.5 Å². The Morgan fingerprint density at radius 1 is 1.17 bits per heavy atom. The lowest BCUT2D eigenvalue weighted by Gasteiger charge is -2.37. The molecule has 2 fully saturated rings. The molecule has 0 bridgehead atoms. The van der Waals surface area contributed by atoms with Crippen LogP contribution in [-0.2, 0) is 11.2 Å². The summed E-state index contributed by atoms with van der Waals surface area (Å²) in [6.07, 6.45) is 3.54. The molecular formula is C26H39BrN8O. The van der Waals surface area contributed by atoms with Crippen LogP contribution in [-0.4, -0.2) is 104 Å². The molecule has 1 amide bonds. The molecule has 1 aromatic heterocycles. The molecule has 10 heteroatoms. The van der Waals surface area contributed by atoms with Gasteiger partial charge in [0, 0.05) is 77.0 Å². The highest BCUT2D eigenvalue weighted by Gasteiger charge is 2.31. The topological polar surface area (TPSA) is 79.9 Å². The number of anilines is 4. The van der Waals surface area contributed by atoms with Gasteiger partial charge in [0.15, 0.2) is 0 Å². The number of likely N-dealkylation sites (N-methyl/N-ethyl adjacent to an activating group) is 1. The van der Waals surface area contributed by atoms with Crippen molar-refractivity contribution in [3.63, 3.8) is 0 Å². The van der Waals surface area contributed by atoms with Crippen LogP contribution in [0.4, 0.5) is 23.1 Å². The molecule has 2 aliphatic rings. The van der Waals surface area contributed by atoms with Crippen LogP contribution in [0, 0.1) is 5.92 Å². The SMILES string of the molecule is CCc1cc(N2CCN(C)CC2)ccc1Nc1ncc(Br)c(NCCCN(C)C(=O)C2CN(C)C2)n1.